The van der Waals surface area contributed by atoms with Gasteiger partial charge in [-0.05, 0) is 35.4 Å². The van der Waals surface area contributed by atoms with E-state index in [-0.39, 0.29) is 11.6 Å². The van der Waals surface area contributed by atoms with Crippen molar-refractivity contribution in [2.75, 3.05) is 11.5 Å². The average Bonchev–Trinajstić information content (AvgIpc) is 2.84. The Kier molecular flexibility index (Phi) is 5.95. The first-order chi connectivity index (χ1) is 15.5. The normalized spacial score (nSPS) is 10.9. The lowest BCUT2D eigenvalue weighted by molar-refractivity contribution is 0.103. The fourth-order valence-corrected chi connectivity index (χ4v) is 3.43. The summed E-state index contributed by atoms with van der Waals surface area (Å²) in [6.45, 7) is 0. The van der Waals surface area contributed by atoms with Crippen molar-refractivity contribution in [2.24, 2.45) is 0 Å². The highest BCUT2D eigenvalue weighted by atomic mass is 16.1. The molecule has 0 saturated heterocycles. The molecule has 0 aliphatic carbocycles. The predicted octanol–water partition coefficient (Wildman–Crippen LogP) is 5.48. The lowest BCUT2D eigenvalue weighted by Gasteiger charge is -2.07. The van der Waals surface area contributed by atoms with Crippen molar-refractivity contribution in [3.05, 3.63) is 130 Å². The van der Waals surface area contributed by atoms with Gasteiger partial charge in [0.05, 0.1) is 0 Å². The minimum atomic E-state index is -0.124. The Labute approximate surface area is 186 Å². The molecule has 4 heteroatoms. The van der Waals surface area contributed by atoms with E-state index in [9.17, 15) is 9.59 Å². The van der Waals surface area contributed by atoms with Crippen LogP contribution in [0.15, 0.2) is 97.1 Å². The van der Waals surface area contributed by atoms with E-state index < -0.39 is 0 Å². The lowest BCUT2D eigenvalue weighted by Crippen LogP contribution is -2.05. The second kappa shape index (κ2) is 9.14. The second-order valence-electron chi connectivity index (χ2n) is 7.42. The maximum Gasteiger partial charge on any atom is 0.195 e. The van der Waals surface area contributed by atoms with Crippen molar-refractivity contribution >= 4 is 35.1 Å². The zero-order valence-corrected chi connectivity index (χ0v) is 17.4. The SMILES string of the molecule is Nc1ccc(/C=C/c2ccc(N)c(C(=O)c3ccccc3)c2)cc1C(=O)c1ccccc1. The Morgan fingerprint density at radius 2 is 0.906 bits per heavy atom. The number of hydrogen-bond donors (Lipinski definition) is 2. The van der Waals surface area contributed by atoms with E-state index in [1.807, 2.05) is 60.7 Å². The maximum absolute atomic E-state index is 12.8. The number of benzene rings is 4. The molecule has 4 aromatic rings. The molecule has 0 amide bonds. The molecule has 4 N–H and O–H groups in total. The van der Waals surface area contributed by atoms with Gasteiger partial charge in [-0.1, -0.05) is 84.9 Å². The van der Waals surface area contributed by atoms with Crippen LogP contribution in [0, 0.1) is 0 Å². The smallest absolute Gasteiger partial charge is 0.195 e. The van der Waals surface area contributed by atoms with E-state index >= 15 is 0 Å². The first kappa shape index (κ1) is 20.8. The van der Waals surface area contributed by atoms with Gasteiger partial charge < -0.3 is 11.5 Å². The molecule has 0 radical (unpaired) electrons. The van der Waals surface area contributed by atoms with Crippen molar-refractivity contribution in [3.8, 4) is 0 Å². The van der Waals surface area contributed by atoms with Crippen LogP contribution in [-0.4, -0.2) is 11.6 Å². The minimum absolute atomic E-state index is 0.124. The van der Waals surface area contributed by atoms with Gasteiger partial charge in [0.25, 0.3) is 0 Å². The molecular formula is C28H22N2O2. The highest BCUT2D eigenvalue weighted by molar-refractivity contribution is 6.13. The summed E-state index contributed by atoms with van der Waals surface area (Å²) in [4.78, 5) is 25.7. The highest BCUT2D eigenvalue weighted by Crippen LogP contribution is 2.22. The highest BCUT2D eigenvalue weighted by Gasteiger charge is 2.13. The third kappa shape index (κ3) is 4.50. The van der Waals surface area contributed by atoms with Gasteiger partial charge in [-0.25, -0.2) is 0 Å². The quantitative estimate of drug-likeness (QED) is 0.246. The number of rotatable bonds is 6. The third-order valence-corrected chi connectivity index (χ3v) is 5.18. The molecule has 32 heavy (non-hydrogen) atoms. The number of anilines is 2. The molecule has 0 aliphatic heterocycles. The minimum Gasteiger partial charge on any atom is -0.398 e. The van der Waals surface area contributed by atoms with Gasteiger partial charge in [0.15, 0.2) is 11.6 Å². The number of nitrogens with two attached hydrogens (primary N) is 2. The standard InChI is InChI=1S/C28H22N2O2/c29-25-15-13-19(17-23(25)27(31)21-7-3-1-4-8-21)11-12-20-14-16-26(30)24(18-20)28(32)22-9-5-2-6-10-22/h1-18H,29-30H2/b12-11+. The van der Waals surface area contributed by atoms with Crippen LogP contribution in [0.3, 0.4) is 0 Å². The van der Waals surface area contributed by atoms with Gasteiger partial charge in [0.2, 0.25) is 0 Å². The summed E-state index contributed by atoms with van der Waals surface area (Å²) < 4.78 is 0. The first-order valence-electron chi connectivity index (χ1n) is 10.2. The number of carbonyl (C=O) groups is 2. The summed E-state index contributed by atoms with van der Waals surface area (Å²) in [5.74, 6) is -0.247. The summed E-state index contributed by atoms with van der Waals surface area (Å²) >= 11 is 0. The molecule has 4 aromatic carbocycles. The zero-order chi connectivity index (χ0) is 22.5. The van der Waals surface area contributed by atoms with Crippen molar-refractivity contribution < 1.29 is 9.59 Å². The molecule has 156 valence electrons. The molecule has 4 nitrogen and oxygen atoms in total. The van der Waals surface area contributed by atoms with Gasteiger partial charge in [-0.15, -0.1) is 0 Å². The van der Waals surface area contributed by atoms with E-state index in [0.29, 0.717) is 33.6 Å². The van der Waals surface area contributed by atoms with Crippen molar-refractivity contribution in [3.63, 3.8) is 0 Å². The van der Waals surface area contributed by atoms with Gasteiger partial charge in [-0.3, -0.25) is 9.59 Å². The molecule has 0 atom stereocenters. The van der Waals surface area contributed by atoms with E-state index in [2.05, 4.69) is 0 Å². The van der Waals surface area contributed by atoms with E-state index in [1.54, 1.807) is 48.5 Å². The number of ketones is 2. The molecule has 0 heterocycles. The van der Waals surface area contributed by atoms with Crippen molar-refractivity contribution in [1.82, 2.24) is 0 Å². The predicted molar refractivity (Wildman–Crippen MR) is 130 cm³/mol. The van der Waals surface area contributed by atoms with Gasteiger partial charge in [-0.2, -0.15) is 0 Å². The van der Waals surface area contributed by atoms with Crippen LogP contribution in [0.2, 0.25) is 0 Å². The van der Waals surface area contributed by atoms with Crippen LogP contribution < -0.4 is 11.5 Å². The molecular weight excluding hydrogens is 396 g/mol. The van der Waals surface area contributed by atoms with Crippen LogP contribution in [-0.2, 0) is 0 Å². The van der Waals surface area contributed by atoms with Crippen LogP contribution in [0.5, 0.6) is 0 Å². The number of nitrogen functional groups attached to an aromatic ring is 2. The third-order valence-electron chi connectivity index (χ3n) is 5.18. The number of carbonyl (C=O) groups excluding carboxylic acids is 2. The van der Waals surface area contributed by atoms with Crippen LogP contribution in [0.1, 0.15) is 43.0 Å². The van der Waals surface area contributed by atoms with E-state index in [0.717, 1.165) is 11.1 Å². The van der Waals surface area contributed by atoms with Gasteiger partial charge >= 0.3 is 0 Å². The Hall–Kier alpha value is -4.44. The average molecular weight is 418 g/mol. The Morgan fingerprint density at radius 3 is 1.28 bits per heavy atom. The molecule has 0 aromatic heterocycles. The van der Waals surface area contributed by atoms with E-state index in [4.69, 9.17) is 11.5 Å². The molecule has 0 aliphatic rings. The fourth-order valence-electron chi connectivity index (χ4n) is 3.43. The molecule has 0 fully saturated rings. The molecule has 0 saturated carbocycles. The topological polar surface area (TPSA) is 86.2 Å². The molecule has 0 bridgehead atoms. The fraction of sp³-hybridized carbons (Fsp3) is 0. The van der Waals surface area contributed by atoms with Crippen LogP contribution >= 0.6 is 0 Å². The monoisotopic (exact) mass is 418 g/mol. The van der Waals surface area contributed by atoms with Crippen molar-refractivity contribution in [2.45, 2.75) is 0 Å². The Bertz CT molecular complexity index is 1210. The Balaban J connectivity index is 1.61. The second-order valence-corrected chi connectivity index (χ2v) is 7.42. The number of hydrogen-bond acceptors (Lipinski definition) is 4. The van der Waals surface area contributed by atoms with Gasteiger partial charge in [0, 0.05) is 33.6 Å². The van der Waals surface area contributed by atoms with Crippen LogP contribution in [0.25, 0.3) is 12.2 Å². The summed E-state index contributed by atoms with van der Waals surface area (Å²) in [6, 6.07) is 28.8. The molecule has 4 rings (SSSR count). The summed E-state index contributed by atoms with van der Waals surface area (Å²) in [7, 11) is 0. The summed E-state index contributed by atoms with van der Waals surface area (Å²) in [6.07, 6.45) is 3.76. The zero-order valence-electron chi connectivity index (χ0n) is 17.4. The molecule has 0 spiro atoms. The van der Waals surface area contributed by atoms with Crippen molar-refractivity contribution in [1.29, 1.82) is 0 Å². The summed E-state index contributed by atoms with van der Waals surface area (Å²) in [5.41, 5.74) is 16.7. The van der Waals surface area contributed by atoms with Crippen LogP contribution in [0.4, 0.5) is 11.4 Å². The lowest BCUT2D eigenvalue weighted by atomic mass is 9.98. The van der Waals surface area contributed by atoms with Gasteiger partial charge in [0.1, 0.15) is 0 Å². The first-order valence-corrected chi connectivity index (χ1v) is 10.2. The van der Waals surface area contributed by atoms with E-state index in [1.165, 1.54) is 0 Å². The summed E-state index contributed by atoms with van der Waals surface area (Å²) in [5, 5.41) is 0. The molecule has 0 unspecified atom stereocenters. The largest absolute Gasteiger partial charge is 0.398 e. The Morgan fingerprint density at radius 1 is 0.531 bits per heavy atom. The maximum atomic E-state index is 12.8.